The highest BCUT2D eigenvalue weighted by Crippen LogP contribution is 2.21. The first-order valence-electron chi connectivity index (χ1n) is 9.26. The third-order valence-corrected chi connectivity index (χ3v) is 4.91. The fourth-order valence-corrected chi connectivity index (χ4v) is 2.64. The molecular weight excluding hydrogens is 286 g/mol. The summed E-state index contributed by atoms with van der Waals surface area (Å²) < 4.78 is 0. The van der Waals surface area contributed by atoms with Gasteiger partial charge in [-0.3, -0.25) is 4.79 Å². The number of carbonyl (C=O) groups is 1. The number of amides is 1. The van der Waals surface area contributed by atoms with Crippen LogP contribution in [0.3, 0.4) is 0 Å². The summed E-state index contributed by atoms with van der Waals surface area (Å²) in [5, 5.41) is 10.1. The molecule has 0 aliphatic carbocycles. The molecule has 0 radical (unpaired) electrons. The van der Waals surface area contributed by atoms with Crippen LogP contribution in [0.2, 0.25) is 0 Å². The van der Waals surface area contributed by atoms with Gasteiger partial charge < -0.3 is 10.0 Å². The monoisotopic (exact) mass is 321 g/mol. The summed E-state index contributed by atoms with van der Waals surface area (Å²) in [6.45, 7) is 9.55. The van der Waals surface area contributed by atoms with E-state index in [2.05, 4.69) is 39.8 Å². The second-order valence-electron chi connectivity index (χ2n) is 7.18. The standard InChI is InChI=1S/C20H35NO2/c1-5-6-7-8-9-14-21-18(15-20(21)23)11-13-19(22)12-10-17(4)16(2)3/h8-9,11,13,16-19,22H,5-7,10,12,14-15H2,1-4H3/b9-8-,13-11+. The zero-order chi connectivity index (χ0) is 17.2. The molecule has 132 valence electrons. The van der Waals surface area contributed by atoms with Crippen molar-refractivity contribution in [3.8, 4) is 0 Å². The van der Waals surface area contributed by atoms with E-state index in [1.54, 1.807) is 0 Å². The maximum atomic E-state index is 11.7. The molecule has 0 aromatic rings. The molecule has 3 heteroatoms. The van der Waals surface area contributed by atoms with Gasteiger partial charge >= 0.3 is 0 Å². The van der Waals surface area contributed by atoms with Crippen LogP contribution in [0.1, 0.15) is 66.2 Å². The fraction of sp³-hybridized carbons (Fsp3) is 0.750. The van der Waals surface area contributed by atoms with Gasteiger partial charge in [0.25, 0.3) is 0 Å². The van der Waals surface area contributed by atoms with Crippen LogP contribution in [0.25, 0.3) is 0 Å². The number of rotatable bonds is 11. The molecule has 1 aliphatic heterocycles. The second kappa shape index (κ2) is 10.6. The Balaban J connectivity index is 2.31. The van der Waals surface area contributed by atoms with E-state index < -0.39 is 6.10 Å². The third kappa shape index (κ3) is 7.34. The highest BCUT2D eigenvalue weighted by atomic mass is 16.3. The van der Waals surface area contributed by atoms with Crippen LogP contribution < -0.4 is 0 Å². The van der Waals surface area contributed by atoms with Crippen molar-refractivity contribution in [3.05, 3.63) is 24.3 Å². The van der Waals surface area contributed by atoms with Crippen molar-refractivity contribution >= 4 is 5.91 Å². The van der Waals surface area contributed by atoms with E-state index in [4.69, 9.17) is 0 Å². The lowest BCUT2D eigenvalue weighted by Crippen LogP contribution is -2.51. The van der Waals surface area contributed by atoms with E-state index in [1.165, 1.54) is 12.8 Å². The Morgan fingerprint density at radius 3 is 2.61 bits per heavy atom. The van der Waals surface area contributed by atoms with Gasteiger partial charge in [0.05, 0.1) is 18.6 Å². The summed E-state index contributed by atoms with van der Waals surface area (Å²) in [5.41, 5.74) is 0. The van der Waals surface area contributed by atoms with Crippen LogP contribution in [0.4, 0.5) is 0 Å². The lowest BCUT2D eigenvalue weighted by atomic mass is 9.92. The molecule has 3 atom stereocenters. The number of aliphatic hydroxyl groups excluding tert-OH is 1. The lowest BCUT2D eigenvalue weighted by molar-refractivity contribution is -0.142. The third-order valence-electron chi connectivity index (χ3n) is 4.91. The number of likely N-dealkylation sites (tertiary alicyclic amines) is 1. The first-order chi connectivity index (χ1) is 11.0. The van der Waals surface area contributed by atoms with Crippen LogP contribution in [-0.4, -0.2) is 34.6 Å². The van der Waals surface area contributed by atoms with E-state index in [-0.39, 0.29) is 11.9 Å². The van der Waals surface area contributed by atoms with Gasteiger partial charge in [0.15, 0.2) is 0 Å². The van der Waals surface area contributed by atoms with Crippen LogP contribution in [0.15, 0.2) is 24.3 Å². The number of hydrogen-bond donors (Lipinski definition) is 1. The highest BCUT2D eigenvalue weighted by Gasteiger charge is 2.32. The van der Waals surface area contributed by atoms with E-state index in [0.29, 0.717) is 24.8 Å². The van der Waals surface area contributed by atoms with Crippen LogP contribution in [0.5, 0.6) is 0 Å². The van der Waals surface area contributed by atoms with E-state index >= 15 is 0 Å². The van der Waals surface area contributed by atoms with Crippen LogP contribution >= 0.6 is 0 Å². The number of unbranched alkanes of at least 4 members (excludes halogenated alkanes) is 2. The zero-order valence-corrected chi connectivity index (χ0v) is 15.4. The summed E-state index contributed by atoms with van der Waals surface area (Å²) in [4.78, 5) is 13.6. The summed E-state index contributed by atoms with van der Waals surface area (Å²) in [6, 6.07) is 0.162. The summed E-state index contributed by atoms with van der Waals surface area (Å²) >= 11 is 0. The average Bonchev–Trinajstić information content (AvgIpc) is 2.51. The highest BCUT2D eigenvalue weighted by molar-refractivity contribution is 5.84. The molecule has 0 bridgehead atoms. The molecule has 0 spiro atoms. The van der Waals surface area contributed by atoms with Gasteiger partial charge in [0.1, 0.15) is 0 Å². The van der Waals surface area contributed by atoms with Crippen LogP contribution in [-0.2, 0) is 4.79 Å². The predicted molar refractivity (Wildman–Crippen MR) is 97.2 cm³/mol. The normalized spacial score (nSPS) is 21.4. The van der Waals surface area contributed by atoms with Crippen molar-refractivity contribution in [1.82, 2.24) is 4.90 Å². The SMILES string of the molecule is CCCC/C=C\CN1C(=O)CC1/C=C/C(O)CCC(C)C(C)C. The van der Waals surface area contributed by atoms with Crippen molar-refractivity contribution in [3.63, 3.8) is 0 Å². The molecule has 1 saturated heterocycles. The smallest absolute Gasteiger partial charge is 0.225 e. The molecule has 1 N–H and O–H groups in total. The number of nitrogens with zero attached hydrogens (tertiary/aromatic N) is 1. The minimum absolute atomic E-state index is 0.162. The summed E-state index contributed by atoms with van der Waals surface area (Å²) in [5.74, 6) is 1.50. The van der Waals surface area contributed by atoms with E-state index in [1.807, 2.05) is 17.1 Å². The van der Waals surface area contributed by atoms with Gasteiger partial charge in [-0.2, -0.15) is 0 Å². The molecule has 1 amide bonds. The van der Waals surface area contributed by atoms with Crippen molar-refractivity contribution in [2.45, 2.75) is 78.4 Å². The maximum absolute atomic E-state index is 11.7. The average molecular weight is 322 g/mol. The number of β-lactam (4-membered cyclic amide) rings is 1. The Morgan fingerprint density at radius 2 is 2.00 bits per heavy atom. The molecule has 23 heavy (non-hydrogen) atoms. The van der Waals surface area contributed by atoms with E-state index in [9.17, 15) is 9.90 Å². The molecule has 1 rings (SSSR count). The van der Waals surface area contributed by atoms with Gasteiger partial charge in [-0.15, -0.1) is 0 Å². The number of allylic oxidation sites excluding steroid dienone is 1. The molecule has 1 fully saturated rings. The molecule has 0 saturated carbocycles. The topological polar surface area (TPSA) is 40.5 Å². The summed E-state index contributed by atoms with van der Waals surface area (Å²) in [7, 11) is 0. The van der Waals surface area contributed by atoms with E-state index in [0.717, 1.165) is 19.3 Å². The minimum atomic E-state index is -0.395. The Morgan fingerprint density at radius 1 is 1.26 bits per heavy atom. The lowest BCUT2D eigenvalue weighted by Gasteiger charge is -2.38. The van der Waals surface area contributed by atoms with Crippen molar-refractivity contribution in [2.24, 2.45) is 11.8 Å². The molecule has 3 nitrogen and oxygen atoms in total. The Kier molecular flexibility index (Phi) is 9.23. The van der Waals surface area contributed by atoms with Crippen molar-refractivity contribution in [2.75, 3.05) is 6.54 Å². The summed E-state index contributed by atoms with van der Waals surface area (Å²) in [6.07, 6.45) is 13.6. The Labute approximate surface area is 142 Å². The Bertz CT molecular complexity index is 400. The van der Waals surface area contributed by atoms with Gasteiger partial charge in [0.2, 0.25) is 5.91 Å². The van der Waals surface area contributed by atoms with Gasteiger partial charge in [-0.05, 0) is 31.1 Å². The first kappa shape index (κ1) is 20.0. The first-order valence-corrected chi connectivity index (χ1v) is 9.26. The minimum Gasteiger partial charge on any atom is -0.389 e. The van der Waals surface area contributed by atoms with Gasteiger partial charge in [-0.25, -0.2) is 0 Å². The van der Waals surface area contributed by atoms with Crippen molar-refractivity contribution in [1.29, 1.82) is 0 Å². The van der Waals surface area contributed by atoms with Crippen LogP contribution in [0, 0.1) is 11.8 Å². The molecular formula is C20H35NO2. The molecule has 0 aromatic carbocycles. The second-order valence-corrected chi connectivity index (χ2v) is 7.18. The van der Waals surface area contributed by atoms with Gasteiger partial charge in [0, 0.05) is 6.54 Å². The predicted octanol–water partition coefficient (Wildman–Crippen LogP) is 4.32. The molecule has 1 aliphatic rings. The number of aliphatic hydroxyl groups is 1. The van der Waals surface area contributed by atoms with Gasteiger partial charge in [-0.1, -0.05) is 64.8 Å². The molecule has 1 heterocycles. The number of carbonyl (C=O) groups excluding carboxylic acids is 1. The fourth-order valence-electron chi connectivity index (χ4n) is 2.64. The zero-order valence-electron chi connectivity index (χ0n) is 15.4. The maximum Gasteiger partial charge on any atom is 0.225 e. The Hall–Kier alpha value is -1.09. The molecule has 3 unspecified atom stereocenters. The number of hydrogen-bond acceptors (Lipinski definition) is 2. The molecule has 0 aromatic heterocycles. The quantitative estimate of drug-likeness (QED) is 0.350. The van der Waals surface area contributed by atoms with Crippen molar-refractivity contribution < 1.29 is 9.90 Å². The largest absolute Gasteiger partial charge is 0.389 e.